The van der Waals surface area contributed by atoms with Crippen molar-refractivity contribution in [2.75, 3.05) is 13.6 Å². The van der Waals surface area contributed by atoms with Crippen molar-refractivity contribution in [3.05, 3.63) is 0 Å². The van der Waals surface area contributed by atoms with Crippen LogP contribution in [0.4, 0.5) is 0 Å². The summed E-state index contributed by atoms with van der Waals surface area (Å²) < 4.78 is 0. The van der Waals surface area contributed by atoms with Gasteiger partial charge < -0.3 is 10.6 Å². The number of carbonyl (C=O) groups excluding carboxylic acids is 1. The summed E-state index contributed by atoms with van der Waals surface area (Å²) in [6.07, 6.45) is 3.70. The Morgan fingerprint density at radius 1 is 1.28 bits per heavy atom. The molecule has 0 heterocycles. The monoisotopic (exact) mass is 254 g/mol. The van der Waals surface area contributed by atoms with Gasteiger partial charge in [0.15, 0.2) is 0 Å². The number of carbonyl (C=O) groups is 1. The molecule has 0 aromatic carbocycles. The van der Waals surface area contributed by atoms with E-state index in [1.54, 1.807) is 0 Å². The van der Waals surface area contributed by atoms with Crippen molar-refractivity contribution in [3.63, 3.8) is 0 Å². The highest BCUT2D eigenvalue weighted by Crippen LogP contribution is 2.33. The zero-order valence-corrected chi connectivity index (χ0v) is 12.6. The molecule has 0 radical (unpaired) electrons. The van der Waals surface area contributed by atoms with E-state index >= 15 is 0 Å². The highest BCUT2D eigenvalue weighted by molar-refractivity contribution is 5.78. The lowest BCUT2D eigenvalue weighted by Crippen LogP contribution is -2.48. The molecular weight excluding hydrogens is 224 g/mol. The molecule has 106 valence electrons. The number of amides is 1. The fraction of sp³-hybridized carbons (Fsp3) is 0.933. The molecule has 3 nitrogen and oxygen atoms in total. The minimum Gasteiger partial charge on any atom is -0.353 e. The van der Waals surface area contributed by atoms with Gasteiger partial charge in [-0.3, -0.25) is 4.79 Å². The van der Waals surface area contributed by atoms with Crippen LogP contribution in [-0.4, -0.2) is 25.5 Å². The lowest BCUT2D eigenvalue weighted by molar-refractivity contribution is -0.126. The van der Waals surface area contributed by atoms with Gasteiger partial charge in [0.1, 0.15) is 0 Å². The van der Waals surface area contributed by atoms with E-state index in [4.69, 9.17) is 0 Å². The number of hydrogen-bond acceptors (Lipinski definition) is 2. The first kappa shape index (κ1) is 15.5. The third-order valence-electron chi connectivity index (χ3n) is 4.31. The van der Waals surface area contributed by atoms with Crippen molar-refractivity contribution in [2.45, 2.75) is 53.0 Å². The fourth-order valence-electron chi connectivity index (χ4n) is 3.09. The molecule has 1 aliphatic carbocycles. The molecule has 1 fully saturated rings. The van der Waals surface area contributed by atoms with Gasteiger partial charge in [0, 0.05) is 18.5 Å². The van der Waals surface area contributed by atoms with Crippen molar-refractivity contribution in [3.8, 4) is 0 Å². The Hall–Kier alpha value is -0.570. The van der Waals surface area contributed by atoms with Crippen LogP contribution in [0, 0.1) is 23.7 Å². The quantitative estimate of drug-likeness (QED) is 0.791. The second-order valence-electron chi connectivity index (χ2n) is 6.40. The maximum absolute atomic E-state index is 12.1. The SMILES string of the molecule is CNCC(C)C(=O)NC1CC(C)CCC1C(C)C. The van der Waals surface area contributed by atoms with Gasteiger partial charge in [0.25, 0.3) is 0 Å². The first-order chi connectivity index (χ1) is 8.45. The van der Waals surface area contributed by atoms with Gasteiger partial charge in [-0.15, -0.1) is 0 Å². The summed E-state index contributed by atoms with van der Waals surface area (Å²) in [7, 11) is 1.89. The van der Waals surface area contributed by atoms with Gasteiger partial charge in [0.2, 0.25) is 5.91 Å². The Morgan fingerprint density at radius 3 is 2.50 bits per heavy atom. The summed E-state index contributed by atoms with van der Waals surface area (Å²) in [6.45, 7) is 9.59. The van der Waals surface area contributed by atoms with Crippen LogP contribution < -0.4 is 10.6 Å². The largest absolute Gasteiger partial charge is 0.353 e. The first-order valence-corrected chi connectivity index (χ1v) is 7.40. The second-order valence-corrected chi connectivity index (χ2v) is 6.40. The molecule has 0 spiro atoms. The molecule has 1 rings (SSSR count). The average Bonchev–Trinajstić information content (AvgIpc) is 2.28. The number of nitrogens with one attached hydrogen (secondary N) is 2. The second kappa shape index (κ2) is 7.13. The summed E-state index contributed by atoms with van der Waals surface area (Å²) in [5.41, 5.74) is 0. The lowest BCUT2D eigenvalue weighted by Gasteiger charge is -2.38. The van der Waals surface area contributed by atoms with Crippen LogP contribution in [0.15, 0.2) is 0 Å². The van der Waals surface area contributed by atoms with Gasteiger partial charge in [0.05, 0.1) is 0 Å². The van der Waals surface area contributed by atoms with E-state index in [1.807, 2.05) is 14.0 Å². The van der Waals surface area contributed by atoms with Gasteiger partial charge in [-0.05, 0) is 37.6 Å². The topological polar surface area (TPSA) is 41.1 Å². The lowest BCUT2D eigenvalue weighted by atomic mass is 9.74. The van der Waals surface area contributed by atoms with Gasteiger partial charge >= 0.3 is 0 Å². The van der Waals surface area contributed by atoms with Crippen molar-refractivity contribution >= 4 is 5.91 Å². The van der Waals surface area contributed by atoms with Crippen LogP contribution in [0.2, 0.25) is 0 Å². The Morgan fingerprint density at radius 2 is 1.94 bits per heavy atom. The molecule has 4 unspecified atom stereocenters. The van der Waals surface area contributed by atoms with Crippen molar-refractivity contribution in [1.29, 1.82) is 0 Å². The zero-order chi connectivity index (χ0) is 13.7. The van der Waals surface area contributed by atoms with E-state index in [2.05, 4.69) is 31.4 Å². The Kier molecular flexibility index (Phi) is 6.13. The van der Waals surface area contributed by atoms with Crippen LogP contribution in [0.3, 0.4) is 0 Å². The maximum atomic E-state index is 12.1. The predicted octanol–water partition coefficient (Wildman–Crippen LogP) is 2.42. The van der Waals surface area contributed by atoms with E-state index in [0.717, 1.165) is 18.9 Å². The van der Waals surface area contributed by atoms with Crippen LogP contribution in [0.25, 0.3) is 0 Å². The third kappa shape index (κ3) is 4.27. The Balaban J connectivity index is 2.57. The van der Waals surface area contributed by atoms with E-state index in [0.29, 0.717) is 17.9 Å². The van der Waals surface area contributed by atoms with Crippen LogP contribution in [0.5, 0.6) is 0 Å². The molecule has 4 atom stereocenters. The molecule has 2 N–H and O–H groups in total. The molecule has 1 aliphatic rings. The predicted molar refractivity (Wildman–Crippen MR) is 76.4 cm³/mol. The molecule has 0 aromatic rings. The fourth-order valence-corrected chi connectivity index (χ4v) is 3.09. The summed E-state index contributed by atoms with van der Waals surface area (Å²) in [4.78, 5) is 12.1. The molecule has 0 aliphatic heterocycles. The standard InChI is InChI=1S/C15H30N2O/c1-10(2)13-7-6-11(3)8-14(13)17-15(18)12(4)9-16-5/h10-14,16H,6-9H2,1-5H3,(H,17,18). The number of rotatable bonds is 5. The van der Waals surface area contributed by atoms with Crippen LogP contribution in [-0.2, 0) is 4.79 Å². The zero-order valence-electron chi connectivity index (χ0n) is 12.6. The first-order valence-electron chi connectivity index (χ1n) is 7.40. The summed E-state index contributed by atoms with van der Waals surface area (Å²) in [5.74, 6) is 2.30. The van der Waals surface area contributed by atoms with Gasteiger partial charge in [-0.2, -0.15) is 0 Å². The molecule has 1 saturated carbocycles. The average molecular weight is 254 g/mol. The van der Waals surface area contributed by atoms with Crippen molar-refractivity contribution in [1.82, 2.24) is 10.6 Å². The van der Waals surface area contributed by atoms with Crippen molar-refractivity contribution in [2.24, 2.45) is 23.7 Å². The maximum Gasteiger partial charge on any atom is 0.224 e. The van der Waals surface area contributed by atoms with Gasteiger partial charge in [-0.25, -0.2) is 0 Å². The van der Waals surface area contributed by atoms with Crippen molar-refractivity contribution < 1.29 is 4.79 Å². The minimum absolute atomic E-state index is 0.0556. The van der Waals surface area contributed by atoms with Crippen LogP contribution in [0.1, 0.15) is 47.0 Å². The summed E-state index contributed by atoms with van der Waals surface area (Å²) in [6, 6.07) is 0.376. The molecule has 0 bridgehead atoms. The molecule has 1 amide bonds. The highest BCUT2D eigenvalue weighted by Gasteiger charge is 2.32. The molecule has 18 heavy (non-hydrogen) atoms. The van der Waals surface area contributed by atoms with E-state index < -0.39 is 0 Å². The normalized spacial score (nSPS) is 30.2. The van der Waals surface area contributed by atoms with Crippen LogP contribution >= 0.6 is 0 Å². The van der Waals surface area contributed by atoms with E-state index in [9.17, 15) is 4.79 Å². The molecule has 3 heteroatoms. The molecule has 0 aromatic heterocycles. The van der Waals surface area contributed by atoms with Gasteiger partial charge in [-0.1, -0.05) is 34.1 Å². The van der Waals surface area contributed by atoms with E-state index in [-0.39, 0.29) is 11.8 Å². The smallest absolute Gasteiger partial charge is 0.224 e. The Labute approximate surface area is 112 Å². The third-order valence-corrected chi connectivity index (χ3v) is 4.31. The molecule has 0 saturated heterocycles. The Bertz CT molecular complexity index is 265. The number of hydrogen-bond donors (Lipinski definition) is 2. The van der Waals surface area contributed by atoms with E-state index in [1.165, 1.54) is 12.8 Å². The molecular formula is C15H30N2O. The highest BCUT2D eigenvalue weighted by atomic mass is 16.1. The summed E-state index contributed by atoms with van der Waals surface area (Å²) in [5, 5.41) is 6.35. The minimum atomic E-state index is 0.0556. The summed E-state index contributed by atoms with van der Waals surface area (Å²) >= 11 is 0.